The van der Waals surface area contributed by atoms with E-state index in [0.717, 1.165) is 25.8 Å². The number of hydrogen-bond acceptors (Lipinski definition) is 4. The smallest absolute Gasteiger partial charge is 0.225 e. The minimum atomic E-state index is -0.0845. The largest absolute Gasteiger partial charge is 0.379 e. The van der Waals surface area contributed by atoms with Crippen LogP contribution in [-0.2, 0) is 14.3 Å². The van der Waals surface area contributed by atoms with Crippen molar-refractivity contribution in [2.75, 3.05) is 34.9 Å². The van der Waals surface area contributed by atoms with Crippen LogP contribution in [0, 0.1) is 11.8 Å². The molecule has 0 bridgehead atoms. The molecular formula is C20H40N2O3. The van der Waals surface area contributed by atoms with Gasteiger partial charge < -0.3 is 19.3 Å². The molecule has 25 heavy (non-hydrogen) atoms. The van der Waals surface area contributed by atoms with Crippen LogP contribution in [0.5, 0.6) is 0 Å². The topological polar surface area (TPSA) is 42.0 Å². The van der Waals surface area contributed by atoms with Crippen molar-refractivity contribution in [2.24, 2.45) is 11.8 Å². The van der Waals surface area contributed by atoms with Crippen molar-refractivity contribution in [1.29, 1.82) is 0 Å². The Hall–Kier alpha value is -0.650. The SMILES string of the molecule is CCC(C)C(C(CC(=O)N1CCCC1C(OC)C(C)C)OC)N(C)C. The van der Waals surface area contributed by atoms with E-state index in [-0.39, 0.29) is 30.2 Å². The van der Waals surface area contributed by atoms with Crippen LogP contribution in [-0.4, -0.2) is 74.9 Å². The molecule has 1 rings (SSSR count). The first kappa shape index (κ1) is 22.4. The molecule has 1 saturated heterocycles. The van der Waals surface area contributed by atoms with E-state index in [4.69, 9.17) is 9.47 Å². The maximum Gasteiger partial charge on any atom is 0.225 e. The van der Waals surface area contributed by atoms with Gasteiger partial charge in [0.1, 0.15) is 0 Å². The molecule has 1 amide bonds. The van der Waals surface area contributed by atoms with E-state index < -0.39 is 0 Å². The quantitative estimate of drug-likeness (QED) is 0.603. The first-order chi connectivity index (χ1) is 11.8. The second-order valence-corrected chi connectivity index (χ2v) is 8.06. The summed E-state index contributed by atoms with van der Waals surface area (Å²) < 4.78 is 11.5. The number of rotatable bonds is 10. The van der Waals surface area contributed by atoms with Gasteiger partial charge in [0.2, 0.25) is 5.91 Å². The first-order valence-electron chi connectivity index (χ1n) is 9.79. The second-order valence-electron chi connectivity index (χ2n) is 8.06. The predicted octanol–water partition coefficient (Wildman–Crippen LogP) is 3.03. The number of nitrogens with zero attached hydrogens (tertiary/aromatic N) is 2. The molecule has 1 fully saturated rings. The highest BCUT2D eigenvalue weighted by atomic mass is 16.5. The fourth-order valence-electron chi connectivity index (χ4n) is 4.40. The minimum Gasteiger partial charge on any atom is -0.379 e. The number of hydrogen-bond donors (Lipinski definition) is 0. The second kappa shape index (κ2) is 10.5. The van der Waals surface area contributed by atoms with Gasteiger partial charge in [0.05, 0.1) is 24.7 Å². The number of methoxy groups -OCH3 is 2. The summed E-state index contributed by atoms with van der Waals surface area (Å²) >= 11 is 0. The standard InChI is InChI=1S/C20H40N2O3/c1-9-15(4)19(21(5)6)17(24-7)13-18(23)22-12-10-11-16(22)20(25-8)14(2)3/h14-17,19-20H,9-13H2,1-8H3. The lowest BCUT2D eigenvalue weighted by atomic mass is 9.91. The zero-order valence-electron chi connectivity index (χ0n) is 17.6. The van der Waals surface area contributed by atoms with Crippen LogP contribution >= 0.6 is 0 Å². The maximum absolute atomic E-state index is 13.1. The van der Waals surface area contributed by atoms with Gasteiger partial charge in [0.25, 0.3) is 0 Å². The predicted molar refractivity (Wildman–Crippen MR) is 103 cm³/mol. The number of likely N-dealkylation sites (tertiary alicyclic amines) is 1. The average molecular weight is 357 g/mol. The summed E-state index contributed by atoms with van der Waals surface area (Å²) in [7, 11) is 7.64. The fourth-order valence-corrected chi connectivity index (χ4v) is 4.40. The molecule has 5 atom stereocenters. The molecule has 0 spiro atoms. The Bertz CT molecular complexity index is 400. The molecule has 0 saturated carbocycles. The van der Waals surface area contributed by atoms with Gasteiger partial charge in [-0.1, -0.05) is 34.1 Å². The van der Waals surface area contributed by atoms with Crippen molar-refractivity contribution in [2.45, 2.75) is 77.7 Å². The molecule has 1 aliphatic rings. The van der Waals surface area contributed by atoms with Crippen molar-refractivity contribution in [1.82, 2.24) is 9.80 Å². The molecule has 0 aliphatic carbocycles. The van der Waals surface area contributed by atoms with Crippen LogP contribution in [0.25, 0.3) is 0 Å². The lowest BCUT2D eigenvalue weighted by molar-refractivity contribution is -0.139. The monoisotopic (exact) mass is 356 g/mol. The van der Waals surface area contributed by atoms with Crippen molar-refractivity contribution in [3.63, 3.8) is 0 Å². The summed E-state index contributed by atoms with van der Waals surface area (Å²) in [6, 6.07) is 0.430. The Morgan fingerprint density at radius 3 is 2.28 bits per heavy atom. The van der Waals surface area contributed by atoms with Gasteiger partial charge in [-0.15, -0.1) is 0 Å². The number of amides is 1. The zero-order valence-corrected chi connectivity index (χ0v) is 17.6. The molecule has 0 aromatic heterocycles. The zero-order chi connectivity index (χ0) is 19.1. The Morgan fingerprint density at radius 1 is 1.20 bits per heavy atom. The minimum absolute atomic E-state index is 0.0845. The maximum atomic E-state index is 13.1. The van der Waals surface area contributed by atoms with Gasteiger partial charge in [0.15, 0.2) is 0 Å². The van der Waals surface area contributed by atoms with E-state index in [0.29, 0.717) is 18.3 Å². The highest BCUT2D eigenvalue weighted by Crippen LogP contribution is 2.28. The third-order valence-electron chi connectivity index (χ3n) is 5.81. The molecule has 0 aromatic rings. The molecule has 5 nitrogen and oxygen atoms in total. The van der Waals surface area contributed by atoms with E-state index in [2.05, 4.69) is 46.7 Å². The highest BCUT2D eigenvalue weighted by Gasteiger charge is 2.38. The van der Waals surface area contributed by atoms with Gasteiger partial charge in [-0.25, -0.2) is 0 Å². The molecule has 5 unspecified atom stereocenters. The van der Waals surface area contributed by atoms with Gasteiger partial charge in [0, 0.05) is 26.8 Å². The molecule has 0 radical (unpaired) electrons. The Kier molecular flexibility index (Phi) is 9.39. The average Bonchev–Trinajstić information content (AvgIpc) is 3.03. The third kappa shape index (κ3) is 5.66. The molecule has 0 aromatic carbocycles. The van der Waals surface area contributed by atoms with Crippen LogP contribution < -0.4 is 0 Å². The van der Waals surface area contributed by atoms with Gasteiger partial charge in [-0.2, -0.15) is 0 Å². The van der Waals surface area contributed by atoms with Crippen molar-refractivity contribution < 1.29 is 14.3 Å². The Morgan fingerprint density at radius 2 is 1.84 bits per heavy atom. The summed E-state index contributed by atoms with van der Waals surface area (Å²) in [5.41, 5.74) is 0. The van der Waals surface area contributed by atoms with Crippen molar-refractivity contribution in [3.8, 4) is 0 Å². The number of likely N-dealkylation sites (N-methyl/N-ethyl adjacent to an activating group) is 1. The third-order valence-corrected chi connectivity index (χ3v) is 5.81. The number of carbonyl (C=O) groups is 1. The first-order valence-corrected chi connectivity index (χ1v) is 9.79. The van der Waals surface area contributed by atoms with Crippen LogP contribution in [0.2, 0.25) is 0 Å². The highest BCUT2D eigenvalue weighted by molar-refractivity contribution is 5.77. The van der Waals surface area contributed by atoms with Crippen molar-refractivity contribution >= 4 is 5.91 Å². The van der Waals surface area contributed by atoms with E-state index in [1.807, 2.05) is 4.90 Å². The summed E-state index contributed by atoms with van der Waals surface area (Å²) in [5, 5.41) is 0. The van der Waals surface area contributed by atoms with Crippen LogP contribution in [0.15, 0.2) is 0 Å². The summed E-state index contributed by atoms with van der Waals surface area (Å²) in [5.74, 6) is 1.08. The summed E-state index contributed by atoms with van der Waals surface area (Å²) in [6.45, 7) is 9.59. The van der Waals surface area contributed by atoms with Gasteiger partial charge in [-0.3, -0.25) is 4.79 Å². The van der Waals surface area contributed by atoms with Gasteiger partial charge in [-0.05, 0) is 38.8 Å². The molecule has 148 valence electrons. The van der Waals surface area contributed by atoms with E-state index in [9.17, 15) is 4.79 Å². The molecule has 1 aliphatic heterocycles. The molecular weight excluding hydrogens is 316 g/mol. The molecule has 5 heteroatoms. The van der Waals surface area contributed by atoms with Crippen molar-refractivity contribution in [3.05, 3.63) is 0 Å². The van der Waals surface area contributed by atoms with E-state index in [1.54, 1.807) is 14.2 Å². The van der Waals surface area contributed by atoms with Gasteiger partial charge >= 0.3 is 0 Å². The van der Waals surface area contributed by atoms with Crippen LogP contribution in [0.1, 0.15) is 53.4 Å². The van der Waals surface area contributed by atoms with Crippen LogP contribution in [0.3, 0.4) is 0 Å². The summed E-state index contributed by atoms with van der Waals surface area (Å²) in [6.07, 6.45) is 3.62. The van der Waals surface area contributed by atoms with E-state index >= 15 is 0 Å². The van der Waals surface area contributed by atoms with Crippen LogP contribution in [0.4, 0.5) is 0 Å². The Balaban J connectivity index is 2.86. The Labute approximate surface area is 155 Å². The number of ether oxygens (including phenoxy) is 2. The number of carbonyl (C=O) groups excluding carboxylic acids is 1. The molecule has 0 N–H and O–H groups in total. The molecule has 1 heterocycles. The van der Waals surface area contributed by atoms with E-state index in [1.165, 1.54) is 0 Å². The summed E-state index contributed by atoms with van der Waals surface area (Å²) in [4.78, 5) is 17.3. The lowest BCUT2D eigenvalue weighted by Crippen LogP contribution is -2.50. The lowest BCUT2D eigenvalue weighted by Gasteiger charge is -2.37. The normalized spacial score (nSPS) is 23.1. The fraction of sp³-hybridized carbons (Fsp3) is 0.950.